The predicted molar refractivity (Wildman–Crippen MR) is 78.4 cm³/mol. The molecule has 0 spiro atoms. The van der Waals surface area contributed by atoms with Gasteiger partial charge in [-0.15, -0.1) is 0 Å². The van der Waals surface area contributed by atoms with E-state index in [9.17, 15) is 4.79 Å². The Morgan fingerprint density at radius 2 is 2.15 bits per heavy atom. The standard InChI is InChI=1S/C16H23NO3/c1-17(12-13-5-2-3-6-13)9-10-20-15-8-4-7-14(11-15)16(18)19/h4,7-8,11,13H,2-3,5-6,9-10,12H2,1H3,(H,18,19). The van der Waals surface area contributed by atoms with Gasteiger partial charge in [0, 0.05) is 13.1 Å². The fourth-order valence-electron chi connectivity index (χ4n) is 2.76. The fraction of sp³-hybridized carbons (Fsp3) is 0.562. The van der Waals surface area contributed by atoms with Crippen LogP contribution in [0.25, 0.3) is 0 Å². The highest BCUT2D eigenvalue weighted by atomic mass is 16.5. The minimum Gasteiger partial charge on any atom is -0.492 e. The molecule has 0 amide bonds. The van der Waals surface area contributed by atoms with Gasteiger partial charge in [-0.2, -0.15) is 0 Å². The van der Waals surface area contributed by atoms with Gasteiger partial charge in [-0.1, -0.05) is 18.9 Å². The van der Waals surface area contributed by atoms with E-state index in [1.165, 1.54) is 25.7 Å². The third-order valence-electron chi connectivity index (χ3n) is 3.87. The summed E-state index contributed by atoms with van der Waals surface area (Å²) < 4.78 is 5.63. The Kier molecular flexibility index (Phi) is 5.41. The van der Waals surface area contributed by atoms with Gasteiger partial charge in [0.05, 0.1) is 5.56 Å². The van der Waals surface area contributed by atoms with Crippen molar-refractivity contribution in [2.75, 3.05) is 26.7 Å². The van der Waals surface area contributed by atoms with Crippen molar-refractivity contribution < 1.29 is 14.6 Å². The van der Waals surface area contributed by atoms with E-state index >= 15 is 0 Å². The Morgan fingerprint density at radius 3 is 2.85 bits per heavy atom. The van der Waals surface area contributed by atoms with Crippen LogP contribution in [-0.4, -0.2) is 42.7 Å². The Balaban J connectivity index is 1.72. The van der Waals surface area contributed by atoms with E-state index < -0.39 is 5.97 Å². The zero-order valence-corrected chi connectivity index (χ0v) is 12.0. The molecule has 4 nitrogen and oxygen atoms in total. The first-order valence-electron chi connectivity index (χ1n) is 7.30. The van der Waals surface area contributed by atoms with Crippen LogP contribution in [0.3, 0.4) is 0 Å². The van der Waals surface area contributed by atoms with E-state index in [0.717, 1.165) is 19.0 Å². The summed E-state index contributed by atoms with van der Waals surface area (Å²) in [6.07, 6.45) is 5.45. The van der Waals surface area contributed by atoms with Crippen LogP contribution in [0.15, 0.2) is 24.3 Å². The smallest absolute Gasteiger partial charge is 0.335 e. The van der Waals surface area contributed by atoms with Gasteiger partial charge in [0.25, 0.3) is 0 Å². The third-order valence-corrected chi connectivity index (χ3v) is 3.87. The number of ether oxygens (including phenoxy) is 1. The molecule has 0 aromatic heterocycles. The van der Waals surface area contributed by atoms with Crippen molar-refractivity contribution in [3.8, 4) is 5.75 Å². The van der Waals surface area contributed by atoms with Gasteiger partial charge in [-0.05, 0) is 44.0 Å². The van der Waals surface area contributed by atoms with E-state index in [-0.39, 0.29) is 5.56 Å². The highest BCUT2D eigenvalue weighted by Crippen LogP contribution is 2.25. The summed E-state index contributed by atoms with van der Waals surface area (Å²) in [5.74, 6) is 0.545. The van der Waals surface area contributed by atoms with Crippen molar-refractivity contribution in [2.24, 2.45) is 5.92 Å². The molecular formula is C16H23NO3. The predicted octanol–water partition coefficient (Wildman–Crippen LogP) is 2.89. The lowest BCUT2D eigenvalue weighted by Gasteiger charge is -2.20. The molecule has 1 aromatic carbocycles. The summed E-state index contributed by atoms with van der Waals surface area (Å²) in [5, 5.41) is 8.92. The number of nitrogens with zero attached hydrogens (tertiary/aromatic N) is 1. The van der Waals surface area contributed by atoms with Crippen molar-refractivity contribution in [3.05, 3.63) is 29.8 Å². The molecule has 0 aliphatic heterocycles. The van der Waals surface area contributed by atoms with Crippen LogP contribution in [-0.2, 0) is 0 Å². The summed E-state index contributed by atoms with van der Waals surface area (Å²) >= 11 is 0. The Bertz CT molecular complexity index is 441. The average molecular weight is 277 g/mol. The molecule has 110 valence electrons. The Morgan fingerprint density at radius 1 is 1.40 bits per heavy atom. The summed E-state index contributed by atoms with van der Waals surface area (Å²) in [6.45, 7) is 2.60. The molecule has 1 fully saturated rings. The van der Waals surface area contributed by atoms with Gasteiger partial charge in [0.15, 0.2) is 0 Å². The summed E-state index contributed by atoms with van der Waals surface area (Å²) in [6, 6.07) is 6.64. The van der Waals surface area contributed by atoms with Crippen molar-refractivity contribution in [1.29, 1.82) is 0 Å². The molecule has 20 heavy (non-hydrogen) atoms. The molecule has 2 rings (SSSR count). The maximum absolute atomic E-state index is 10.9. The Hall–Kier alpha value is -1.55. The van der Waals surface area contributed by atoms with Crippen LogP contribution in [0.5, 0.6) is 5.75 Å². The van der Waals surface area contributed by atoms with Crippen LogP contribution in [0, 0.1) is 5.92 Å². The molecule has 0 saturated heterocycles. The summed E-state index contributed by atoms with van der Waals surface area (Å²) in [7, 11) is 2.12. The quantitative estimate of drug-likeness (QED) is 0.832. The third kappa shape index (κ3) is 4.53. The topological polar surface area (TPSA) is 49.8 Å². The SMILES string of the molecule is CN(CCOc1cccc(C(=O)O)c1)CC1CCCC1. The van der Waals surface area contributed by atoms with Crippen molar-refractivity contribution in [2.45, 2.75) is 25.7 Å². The van der Waals surface area contributed by atoms with Crippen molar-refractivity contribution >= 4 is 5.97 Å². The van der Waals surface area contributed by atoms with Gasteiger partial charge >= 0.3 is 5.97 Å². The minimum atomic E-state index is -0.922. The van der Waals surface area contributed by atoms with E-state index in [0.29, 0.717) is 12.4 Å². The monoisotopic (exact) mass is 277 g/mol. The summed E-state index contributed by atoms with van der Waals surface area (Å²) in [5.41, 5.74) is 0.266. The second kappa shape index (κ2) is 7.29. The first-order chi connectivity index (χ1) is 9.65. The number of likely N-dealkylation sites (N-methyl/N-ethyl adjacent to an activating group) is 1. The maximum Gasteiger partial charge on any atom is 0.335 e. The van der Waals surface area contributed by atoms with Gasteiger partial charge in [0.2, 0.25) is 0 Å². The van der Waals surface area contributed by atoms with E-state index in [2.05, 4.69) is 11.9 Å². The molecule has 1 N–H and O–H groups in total. The number of aromatic carboxylic acids is 1. The minimum absolute atomic E-state index is 0.266. The van der Waals surface area contributed by atoms with Gasteiger partial charge < -0.3 is 14.7 Å². The first-order valence-corrected chi connectivity index (χ1v) is 7.30. The van der Waals surface area contributed by atoms with Gasteiger partial charge in [-0.25, -0.2) is 4.79 Å². The fourth-order valence-corrected chi connectivity index (χ4v) is 2.76. The molecule has 0 unspecified atom stereocenters. The van der Waals surface area contributed by atoms with E-state index in [1.54, 1.807) is 24.3 Å². The second-order valence-electron chi connectivity index (χ2n) is 5.59. The highest BCUT2D eigenvalue weighted by molar-refractivity contribution is 5.87. The number of carboxylic acids is 1. The number of benzene rings is 1. The normalized spacial score (nSPS) is 15.7. The van der Waals surface area contributed by atoms with Crippen LogP contribution in [0.2, 0.25) is 0 Å². The largest absolute Gasteiger partial charge is 0.492 e. The summed E-state index contributed by atoms with van der Waals surface area (Å²) in [4.78, 5) is 13.2. The molecule has 1 aliphatic carbocycles. The van der Waals surface area contributed by atoms with Crippen LogP contribution in [0.4, 0.5) is 0 Å². The molecule has 1 saturated carbocycles. The average Bonchev–Trinajstić information content (AvgIpc) is 2.92. The lowest BCUT2D eigenvalue weighted by atomic mass is 10.1. The van der Waals surface area contributed by atoms with Crippen LogP contribution >= 0.6 is 0 Å². The molecule has 1 aromatic rings. The molecule has 0 atom stereocenters. The first kappa shape index (κ1) is 14.9. The zero-order valence-electron chi connectivity index (χ0n) is 12.0. The second-order valence-corrected chi connectivity index (χ2v) is 5.59. The number of rotatable bonds is 7. The molecule has 0 radical (unpaired) electrons. The van der Waals surface area contributed by atoms with Gasteiger partial charge in [0.1, 0.15) is 12.4 Å². The number of hydrogen-bond acceptors (Lipinski definition) is 3. The molecule has 0 bridgehead atoms. The lowest BCUT2D eigenvalue weighted by molar-refractivity contribution is 0.0696. The molecular weight excluding hydrogens is 254 g/mol. The number of hydrogen-bond donors (Lipinski definition) is 1. The van der Waals surface area contributed by atoms with E-state index in [4.69, 9.17) is 9.84 Å². The molecule has 1 aliphatic rings. The highest BCUT2D eigenvalue weighted by Gasteiger charge is 2.16. The van der Waals surface area contributed by atoms with Crippen LogP contribution < -0.4 is 4.74 Å². The maximum atomic E-state index is 10.9. The van der Waals surface area contributed by atoms with Gasteiger partial charge in [-0.3, -0.25) is 0 Å². The van der Waals surface area contributed by atoms with Crippen molar-refractivity contribution in [1.82, 2.24) is 4.90 Å². The van der Waals surface area contributed by atoms with E-state index in [1.807, 2.05) is 0 Å². The van der Waals surface area contributed by atoms with Crippen molar-refractivity contribution in [3.63, 3.8) is 0 Å². The number of carboxylic acid groups (broad SMARTS) is 1. The lowest BCUT2D eigenvalue weighted by Crippen LogP contribution is -2.28. The Labute approximate surface area is 120 Å². The van der Waals surface area contributed by atoms with Crippen LogP contribution in [0.1, 0.15) is 36.0 Å². The number of carbonyl (C=O) groups is 1. The zero-order chi connectivity index (χ0) is 14.4. The molecule has 4 heteroatoms. The molecule has 0 heterocycles.